The predicted octanol–water partition coefficient (Wildman–Crippen LogP) is 6.92. The largest absolute Gasteiger partial charge is 0.388 e. The van der Waals surface area contributed by atoms with Gasteiger partial charge in [0.25, 0.3) is 0 Å². The lowest BCUT2D eigenvalue weighted by Gasteiger charge is -2.29. The van der Waals surface area contributed by atoms with Gasteiger partial charge in [-0.15, -0.1) is 0 Å². The summed E-state index contributed by atoms with van der Waals surface area (Å²) in [5.74, 6) is -1.23. The van der Waals surface area contributed by atoms with E-state index in [4.69, 9.17) is 4.74 Å². The second kappa shape index (κ2) is 9.74. The van der Waals surface area contributed by atoms with Crippen LogP contribution in [0.4, 0.5) is 13.2 Å². The lowest BCUT2D eigenvalue weighted by Crippen LogP contribution is -2.15. The van der Waals surface area contributed by atoms with E-state index >= 15 is 0 Å². The predicted molar refractivity (Wildman–Crippen MR) is 114 cm³/mol. The quantitative estimate of drug-likeness (QED) is 0.460. The second-order valence-corrected chi connectivity index (χ2v) is 9.11. The maximum absolute atomic E-state index is 14.6. The summed E-state index contributed by atoms with van der Waals surface area (Å²) >= 11 is 0. The highest BCUT2D eigenvalue weighted by atomic mass is 19.2. The van der Waals surface area contributed by atoms with Gasteiger partial charge in [-0.05, 0) is 79.5 Å². The van der Waals surface area contributed by atoms with Gasteiger partial charge in [0, 0.05) is 5.56 Å². The molecule has 1 aliphatic carbocycles. The molecule has 0 radical (unpaired) electrons. The lowest BCUT2D eigenvalue weighted by atomic mass is 9.76. The van der Waals surface area contributed by atoms with Gasteiger partial charge in [0.15, 0.2) is 11.6 Å². The van der Waals surface area contributed by atoms with Crippen molar-refractivity contribution in [1.29, 1.82) is 0 Å². The second-order valence-electron chi connectivity index (χ2n) is 9.11. The summed E-state index contributed by atoms with van der Waals surface area (Å²) in [6.45, 7) is 2.57. The van der Waals surface area contributed by atoms with Crippen LogP contribution in [-0.4, -0.2) is 11.7 Å². The number of aliphatic hydroxyl groups is 1. The topological polar surface area (TPSA) is 32.8 Å². The molecule has 2 unspecified atom stereocenters. The van der Waals surface area contributed by atoms with E-state index in [9.17, 15) is 18.3 Å². The third-order valence-corrected chi connectivity index (χ3v) is 6.95. The van der Waals surface area contributed by atoms with Crippen LogP contribution < -0.4 is 0 Å². The zero-order valence-corrected chi connectivity index (χ0v) is 18.0. The number of epoxide rings is 1. The Balaban J connectivity index is 1.31. The first-order chi connectivity index (χ1) is 15.0. The Labute approximate surface area is 182 Å². The third-order valence-electron chi connectivity index (χ3n) is 6.95. The minimum absolute atomic E-state index is 0.0462. The summed E-state index contributed by atoms with van der Waals surface area (Å²) in [6.07, 6.45) is 5.26. The number of halogens is 3. The van der Waals surface area contributed by atoms with Crippen LogP contribution in [0.5, 0.6) is 0 Å². The summed E-state index contributed by atoms with van der Waals surface area (Å²) < 4.78 is 48.7. The van der Waals surface area contributed by atoms with E-state index in [-0.39, 0.29) is 23.4 Å². The summed E-state index contributed by atoms with van der Waals surface area (Å²) in [5, 5.41) is 9.99. The molecule has 168 valence electrons. The van der Waals surface area contributed by atoms with Crippen LogP contribution >= 0.6 is 0 Å². The first kappa shape index (κ1) is 22.3. The number of rotatable bonds is 8. The number of aliphatic hydroxyl groups excluding tert-OH is 1. The zero-order chi connectivity index (χ0) is 22.0. The molecule has 0 spiro atoms. The molecule has 5 heteroatoms. The fraction of sp³-hybridized carbons (Fsp3) is 0.538. The molecular weight excluding hydrogens is 401 g/mol. The minimum atomic E-state index is -0.963. The van der Waals surface area contributed by atoms with Crippen molar-refractivity contribution >= 4 is 0 Å². The Morgan fingerprint density at radius 2 is 1.77 bits per heavy atom. The van der Waals surface area contributed by atoms with Gasteiger partial charge in [0.05, 0.1) is 12.7 Å². The fourth-order valence-corrected chi connectivity index (χ4v) is 4.92. The number of hydrogen-bond donors (Lipinski definition) is 1. The summed E-state index contributed by atoms with van der Waals surface area (Å²) in [4.78, 5) is 0. The molecule has 2 fully saturated rings. The molecule has 2 aromatic rings. The van der Waals surface area contributed by atoms with Crippen LogP contribution in [0, 0.1) is 23.4 Å². The van der Waals surface area contributed by atoms with Crippen LogP contribution in [0.3, 0.4) is 0 Å². The van der Waals surface area contributed by atoms with Crippen LogP contribution in [0.15, 0.2) is 30.3 Å². The molecular formula is C26H31F3O2. The van der Waals surface area contributed by atoms with Crippen molar-refractivity contribution < 1.29 is 23.0 Å². The molecule has 2 aromatic carbocycles. The average molecular weight is 433 g/mol. The zero-order valence-electron chi connectivity index (χ0n) is 18.0. The van der Waals surface area contributed by atoms with E-state index in [2.05, 4.69) is 0 Å². The standard InChI is InChI=1S/C26H31F3O2/c1-2-3-23(30)21-13-10-18(25(28)26(21)29)9-6-16-4-7-17(8-5-16)20-12-11-19(14-22(20)27)24-15-31-24/h10-14,16-17,23-24,30H,2-9,15H2,1H3. The van der Waals surface area contributed by atoms with Crippen molar-refractivity contribution in [2.24, 2.45) is 5.92 Å². The smallest absolute Gasteiger partial charge is 0.164 e. The number of ether oxygens (including phenoxy) is 1. The third kappa shape index (κ3) is 5.15. The minimum Gasteiger partial charge on any atom is -0.388 e. The van der Waals surface area contributed by atoms with Crippen LogP contribution in [-0.2, 0) is 11.2 Å². The SMILES string of the molecule is CCCC(O)c1ccc(CCC2CCC(c3ccc(C4CO4)cc3F)CC2)c(F)c1F. The first-order valence-corrected chi connectivity index (χ1v) is 11.5. The highest BCUT2D eigenvalue weighted by molar-refractivity contribution is 5.30. The molecule has 1 saturated carbocycles. The highest BCUT2D eigenvalue weighted by Gasteiger charge is 2.28. The molecule has 0 bridgehead atoms. The van der Waals surface area contributed by atoms with E-state index in [1.54, 1.807) is 12.1 Å². The summed E-state index contributed by atoms with van der Waals surface area (Å²) in [6, 6.07) is 8.62. The van der Waals surface area contributed by atoms with E-state index in [1.807, 2.05) is 19.1 Å². The molecule has 0 amide bonds. The van der Waals surface area contributed by atoms with Crippen molar-refractivity contribution in [3.8, 4) is 0 Å². The lowest BCUT2D eigenvalue weighted by molar-refractivity contribution is 0.160. The Morgan fingerprint density at radius 3 is 2.42 bits per heavy atom. The van der Waals surface area contributed by atoms with E-state index in [0.29, 0.717) is 37.4 Å². The monoisotopic (exact) mass is 432 g/mol. The molecule has 1 heterocycles. The van der Waals surface area contributed by atoms with Crippen molar-refractivity contribution in [2.75, 3.05) is 6.61 Å². The van der Waals surface area contributed by atoms with E-state index in [0.717, 1.165) is 43.2 Å². The fourth-order valence-electron chi connectivity index (χ4n) is 4.92. The molecule has 2 aliphatic rings. The summed E-state index contributed by atoms with van der Waals surface area (Å²) in [7, 11) is 0. The first-order valence-electron chi connectivity index (χ1n) is 11.5. The molecule has 1 N–H and O–H groups in total. The van der Waals surface area contributed by atoms with E-state index < -0.39 is 17.7 Å². The molecule has 1 aliphatic heterocycles. The van der Waals surface area contributed by atoms with Gasteiger partial charge in [-0.25, -0.2) is 13.2 Å². The Hall–Kier alpha value is -1.85. The van der Waals surface area contributed by atoms with Crippen molar-refractivity contribution in [3.63, 3.8) is 0 Å². The van der Waals surface area contributed by atoms with Crippen LogP contribution in [0.25, 0.3) is 0 Å². The number of hydrogen-bond acceptors (Lipinski definition) is 2. The van der Waals surface area contributed by atoms with Gasteiger partial charge in [-0.3, -0.25) is 0 Å². The van der Waals surface area contributed by atoms with Gasteiger partial charge >= 0.3 is 0 Å². The summed E-state index contributed by atoms with van der Waals surface area (Å²) in [5.41, 5.74) is 2.12. The maximum atomic E-state index is 14.6. The van der Waals surface area contributed by atoms with Gasteiger partial charge in [-0.1, -0.05) is 37.6 Å². The van der Waals surface area contributed by atoms with Crippen molar-refractivity contribution in [2.45, 2.75) is 76.4 Å². The molecule has 1 saturated heterocycles. The van der Waals surface area contributed by atoms with Crippen LogP contribution in [0.2, 0.25) is 0 Å². The maximum Gasteiger partial charge on any atom is 0.164 e. The normalized spacial score (nSPS) is 24.2. The van der Waals surface area contributed by atoms with Crippen molar-refractivity contribution in [1.82, 2.24) is 0 Å². The Kier molecular flexibility index (Phi) is 7.02. The molecule has 2 atom stereocenters. The molecule has 0 aromatic heterocycles. The Bertz CT molecular complexity index is 902. The average Bonchev–Trinajstić information content (AvgIpc) is 3.61. The molecule has 4 rings (SSSR count). The Morgan fingerprint density at radius 1 is 1.03 bits per heavy atom. The molecule has 31 heavy (non-hydrogen) atoms. The van der Waals surface area contributed by atoms with Gasteiger partial charge < -0.3 is 9.84 Å². The van der Waals surface area contributed by atoms with Gasteiger partial charge in [0.1, 0.15) is 11.9 Å². The van der Waals surface area contributed by atoms with E-state index in [1.165, 1.54) is 6.07 Å². The number of benzene rings is 2. The van der Waals surface area contributed by atoms with Gasteiger partial charge in [-0.2, -0.15) is 0 Å². The number of aryl methyl sites for hydroxylation is 1. The van der Waals surface area contributed by atoms with Gasteiger partial charge in [0.2, 0.25) is 0 Å². The highest BCUT2D eigenvalue weighted by Crippen LogP contribution is 2.40. The van der Waals surface area contributed by atoms with Crippen molar-refractivity contribution in [3.05, 3.63) is 70.0 Å². The molecule has 2 nitrogen and oxygen atoms in total. The van der Waals surface area contributed by atoms with Crippen LogP contribution in [0.1, 0.15) is 92.2 Å².